The Labute approximate surface area is 166 Å². The second kappa shape index (κ2) is 8.35. The number of sulfonamides is 1. The van der Waals surface area contributed by atoms with Crippen molar-refractivity contribution in [3.8, 4) is 5.75 Å². The molecule has 0 unspecified atom stereocenters. The van der Waals surface area contributed by atoms with E-state index in [-0.39, 0.29) is 15.7 Å². The van der Waals surface area contributed by atoms with Gasteiger partial charge in [-0.25, -0.2) is 8.42 Å². The molecule has 0 fully saturated rings. The van der Waals surface area contributed by atoms with Gasteiger partial charge in [0.25, 0.3) is 0 Å². The first-order valence-corrected chi connectivity index (χ1v) is 10.2. The van der Waals surface area contributed by atoms with E-state index in [9.17, 15) is 13.2 Å². The summed E-state index contributed by atoms with van der Waals surface area (Å²) in [5.74, 6) is -0.124. The standard InChI is InChI=1S/C16H15Cl3N2O4S/c1-25-14-7-6-10(8-12(14)18)20-15(22)9-21(26(2,23)24)13-5-3-4-11(17)16(13)19/h3-8H,9H2,1-2H3,(H,20,22). The van der Waals surface area contributed by atoms with E-state index in [2.05, 4.69) is 5.32 Å². The zero-order valence-electron chi connectivity index (χ0n) is 13.8. The Morgan fingerprint density at radius 3 is 2.42 bits per heavy atom. The van der Waals surface area contributed by atoms with Crippen LogP contribution in [0.15, 0.2) is 36.4 Å². The molecule has 0 saturated carbocycles. The fourth-order valence-electron chi connectivity index (χ4n) is 2.14. The molecule has 1 amide bonds. The number of rotatable bonds is 6. The average Bonchev–Trinajstić information content (AvgIpc) is 2.55. The van der Waals surface area contributed by atoms with Gasteiger partial charge in [0.15, 0.2) is 0 Å². The maximum atomic E-state index is 12.3. The van der Waals surface area contributed by atoms with E-state index in [0.29, 0.717) is 16.5 Å². The smallest absolute Gasteiger partial charge is 0.245 e. The van der Waals surface area contributed by atoms with Crippen LogP contribution >= 0.6 is 34.8 Å². The average molecular weight is 438 g/mol. The SMILES string of the molecule is COc1ccc(NC(=O)CN(c2cccc(Cl)c2Cl)S(C)(=O)=O)cc1Cl. The number of carbonyl (C=O) groups excluding carboxylic acids is 1. The van der Waals surface area contributed by atoms with E-state index in [4.69, 9.17) is 39.5 Å². The predicted molar refractivity (Wildman–Crippen MR) is 105 cm³/mol. The van der Waals surface area contributed by atoms with Gasteiger partial charge in [0.2, 0.25) is 15.9 Å². The minimum Gasteiger partial charge on any atom is -0.495 e. The van der Waals surface area contributed by atoms with Crippen LogP contribution in [0.5, 0.6) is 5.75 Å². The van der Waals surface area contributed by atoms with Gasteiger partial charge in [0.05, 0.1) is 34.1 Å². The molecule has 2 rings (SSSR count). The van der Waals surface area contributed by atoms with Crippen molar-refractivity contribution in [2.24, 2.45) is 0 Å². The summed E-state index contributed by atoms with van der Waals surface area (Å²) >= 11 is 18.0. The molecule has 0 aromatic heterocycles. The number of hydrogen-bond donors (Lipinski definition) is 1. The number of benzene rings is 2. The molecule has 26 heavy (non-hydrogen) atoms. The Balaban J connectivity index is 2.25. The monoisotopic (exact) mass is 436 g/mol. The first-order valence-electron chi connectivity index (χ1n) is 7.18. The number of methoxy groups -OCH3 is 1. The molecular weight excluding hydrogens is 423 g/mol. The summed E-state index contributed by atoms with van der Waals surface area (Å²) in [6.07, 6.45) is 0.974. The maximum absolute atomic E-state index is 12.3. The van der Waals surface area contributed by atoms with E-state index < -0.39 is 22.5 Å². The molecule has 0 aliphatic carbocycles. The lowest BCUT2D eigenvalue weighted by Gasteiger charge is -2.23. The van der Waals surface area contributed by atoms with E-state index in [1.807, 2.05) is 0 Å². The van der Waals surface area contributed by atoms with Gasteiger partial charge in [-0.2, -0.15) is 0 Å². The van der Waals surface area contributed by atoms with Gasteiger partial charge in [0, 0.05) is 5.69 Å². The Hall–Kier alpha value is -1.67. The van der Waals surface area contributed by atoms with Crippen LogP contribution in [-0.4, -0.2) is 34.2 Å². The summed E-state index contributed by atoms with van der Waals surface area (Å²) in [7, 11) is -2.31. The molecule has 2 aromatic carbocycles. The number of anilines is 2. The summed E-state index contributed by atoms with van der Waals surface area (Å²) in [5, 5.41) is 3.11. The largest absolute Gasteiger partial charge is 0.495 e. The van der Waals surface area contributed by atoms with Gasteiger partial charge < -0.3 is 10.1 Å². The van der Waals surface area contributed by atoms with Crippen molar-refractivity contribution in [2.75, 3.05) is 29.5 Å². The second-order valence-electron chi connectivity index (χ2n) is 5.24. The quantitative estimate of drug-likeness (QED) is 0.739. The number of nitrogens with zero attached hydrogens (tertiary/aromatic N) is 1. The Morgan fingerprint density at radius 1 is 1.15 bits per heavy atom. The van der Waals surface area contributed by atoms with Crippen LogP contribution in [0.4, 0.5) is 11.4 Å². The molecule has 0 atom stereocenters. The zero-order valence-corrected chi connectivity index (χ0v) is 16.9. The molecule has 0 saturated heterocycles. The van der Waals surface area contributed by atoms with Crippen LogP contribution in [0, 0.1) is 0 Å². The molecule has 6 nitrogen and oxygen atoms in total. The molecule has 2 aromatic rings. The molecule has 0 spiro atoms. The lowest BCUT2D eigenvalue weighted by Crippen LogP contribution is -2.37. The highest BCUT2D eigenvalue weighted by Crippen LogP contribution is 2.33. The molecule has 0 heterocycles. The predicted octanol–water partition coefficient (Wildman–Crippen LogP) is 4.06. The van der Waals surface area contributed by atoms with Crippen molar-refractivity contribution >= 4 is 62.1 Å². The van der Waals surface area contributed by atoms with Gasteiger partial charge in [-0.05, 0) is 30.3 Å². The fourth-order valence-corrected chi connectivity index (χ4v) is 3.71. The summed E-state index contributed by atoms with van der Waals surface area (Å²) in [5.41, 5.74) is 0.510. The van der Waals surface area contributed by atoms with E-state index >= 15 is 0 Å². The first-order chi connectivity index (χ1) is 12.1. The Bertz CT molecular complexity index is 935. The van der Waals surface area contributed by atoms with Crippen LogP contribution in [0.25, 0.3) is 0 Å². The highest BCUT2D eigenvalue weighted by molar-refractivity contribution is 7.92. The summed E-state index contributed by atoms with van der Waals surface area (Å²) in [4.78, 5) is 12.3. The van der Waals surface area contributed by atoms with Gasteiger partial charge in [-0.1, -0.05) is 40.9 Å². The maximum Gasteiger partial charge on any atom is 0.245 e. The van der Waals surface area contributed by atoms with Gasteiger partial charge in [-0.3, -0.25) is 9.10 Å². The van der Waals surface area contributed by atoms with E-state index in [1.54, 1.807) is 18.2 Å². The molecule has 0 radical (unpaired) electrons. The molecule has 0 aliphatic rings. The minimum atomic E-state index is -3.78. The topological polar surface area (TPSA) is 75.7 Å². The van der Waals surface area contributed by atoms with Crippen molar-refractivity contribution in [2.45, 2.75) is 0 Å². The lowest BCUT2D eigenvalue weighted by molar-refractivity contribution is -0.114. The summed E-state index contributed by atoms with van der Waals surface area (Å²) in [6.45, 7) is -0.484. The van der Waals surface area contributed by atoms with Crippen LogP contribution in [0.2, 0.25) is 15.1 Å². The molecule has 140 valence electrons. The third-order valence-corrected chi connectivity index (χ3v) is 5.55. The number of amides is 1. The normalized spacial score (nSPS) is 11.1. The van der Waals surface area contributed by atoms with Crippen molar-refractivity contribution in [3.63, 3.8) is 0 Å². The van der Waals surface area contributed by atoms with Crippen molar-refractivity contribution in [1.82, 2.24) is 0 Å². The lowest BCUT2D eigenvalue weighted by atomic mass is 10.3. The van der Waals surface area contributed by atoms with Crippen molar-refractivity contribution < 1.29 is 17.9 Å². The molecule has 0 aliphatic heterocycles. The molecular formula is C16H15Cl3N2O4S. The summed E-state index contributed by atoms with van der Waals surface area (Å²) in [6, 6.07) is 9.19. The second-order valence-corrected chi connectivity index (χ2v) is 8.34. The van der Waals surface area contributed by atoms with Crippen molar-refractivity contribution in [3.05, 3.63) is 51.5 Å². The number of halogens is 3. The highest BCUT2D eigenvalue weighted by Gasteiger charge is 2.24. The highest BCUT2D eigenvalue weighted by atomic mass is 35.5. The third kappa shape index (κ3) is 4.94. The summed E-state index contributed by atoms with van der Waals surface area (Å²) < 4.78 is 30.2. The number of ether oxygens (including phenoxy) is 1. The Kier molecular flexibility index (Phi) is 6.63. The van der Waals surface area contributed by atoms with Gasteiger partial charge in [0.1, 0.15) is 12.3 Å². The van der Waals surface area contributed by atoms with E-state index in [0.717, 1.165) is 10.6 Å². The number of nitrogens with one attached hydrogen (secondary N) is 1. The van der Waals surface area contributed by atoms with Crippen LogP contribution in [0.3, 0.4) is 0 Å². The van der Waals surface area contributed by atoms with E-state index in [1.165, 1.54) is 25.3 Å². The number of carbonyl (C=O) groups is 1. The molecule has 1 N–H and O–H groups in total. The van der Waals surface area contributed by atoms with Crippen LogP contribution in [0.1, 0.15) is 0 Å². The molecule has 0 bridgehead atoms. The van der Waals surface area contributed by atoms with Gasteiger partial charge >= 0.3 is 0 Å². The minimum absolute atomic E-state index is 0.0416. The fraction of sp³-hybridized carbons (Fsp3) is 0.188. The Morgan fingerprint density at radius 2 is 1.85 bits per heavy atom. The molecule has 10 heteroatoms. The zero-order chi connectivity index (χ0) is 19.5. The van der Waals surface area contributed by atoms with Crippen LogP contribution in [-0.2, 0) is 14.8 Å². The van der Waals surface area contributed by atoms with Gasteiger partial charge in [-0.15, -0.1) is 0 Å². The third-order valence-electron chi connectivity index (χ3n) is 3.32. The van der Waals surface area contributed by atoms with Crippen molar-refractivity contribution in [1.29, 1.82) is 0 Å². The number of hydrogen-bond acceptors (Lipinski definition) is 4. The van der Waals surface area contributed by atoms with Crippen LogP contribution < -0.4 is 14.4 Å². The first kappa shape index (κ1) is 20.6.